The van der Waals surface area contributed by atoms with Crippen LogP contribution in [0.15, 0.2) is 49.2 Å². The Bertz CT molecular complexity index is 1370. The molecule has 1 aliphatic rings. The molecule has 0 radical (unpaired) electrons. The first kappa shape index (κ1) is 23.7. The molecule has 4 aromatic rings. The molecule has 0 saturated carbocycles. The highest BCUT2D eigenvalue weighted by molar-refractivity contribution is 5.63. The van der Waals surface area contributed by atoms with Crippen LogP contribution in [-0.2, 0) is 0 Å². The van der Waals surface area contributed by atoms with Gasteiger partial charge in [-0.1, -0.05) is 0 Å². The van der Waals surface area contributed by atoms with Crippen LogP contribution in [0, 0.1) is 5.82 Å². The highest BCUT2D eigenvalue weighted by atomic mass is 19.4. The maximum Gasteiger partial charge on any atom is 0.391 e. The van der Waals surface area contributed by atoms with Crippen molar-refractivity contribution in [2.45, 2.75) is 31.2 Å². The number of hydrogen-bond donors (Lipinski definition) is 0. The van der Waals surface area contributed by atoms with Crippen LogP contribution in [0.25, 0.3) is 23.0 Å². The predicted molar refractivity (Wildman–Crippen MR) is 111 cm³/mol. The molecule has 5 rings (SSSR count). The van der Waals surface area contributed by atoms with E-state index in [4.69, 9.17) is 0 Å². The van der Waals surface area contributed by atoms with Crippen LogP contribution in [-0.4, -0.2) is 53.2 Å². The Morgan fingerprint density at radius 2 is 1.67 bits per heavy atom. The quantitative estimate of drug-likeness (QED) is 0.357. The summed E-state index contributed by atoms with van der Waals surface area (Å²) in [5.74, 6) is -0.547. The number of halogens is 7. The van der Waals surface area contributed by atoms with Gasteiger partial charge in [0, 0.05) is 24.5 Å². The van der Waals surface area contributed by atoms with Gasteiger partial charge in [0.2, 0.25) is 5.95 Å². The van der Waals surface area contributed by atoms with E-state index in [1.807, 2.05) is 0 Å². The van der Waals surface area contributed by atoms with Crippen molar-refractivity contribution in [2.75, 3.05) is 11.4 Å². The van der Waals surface area contributed by atoms with E-state index >= 15 is 0 Å². The molecule has 15 heteroatoms. The number of hydrogen-bond acceptors (Lipinski definition) is 6. The molecule has 1 atom stereocenters. The summed E-state index contributed by atoms with van der Waals surface area (Å²) < 4.78 is 95.7. The van der Waals surface area contributed by atoms with Crippen molar-refractivity contribution >= 4 is 5.82 Å². The highest BCUT2D eigenvalue weighted by Crippen LogP contribution is 2.42. The third-order valence-corrected chi connectivity index (χ3v) is 5.54. The summed E-state index contributed by atoms with van der Waals surface area (Å²) in [6, 6.07) is 3.77. The fourth-order valence-corrected chi connectivity index (χ4v) is 4.01. The number of anilines is 1. The van der Waals surface area contributed by atoms with Crippen molar-refractivity contribution < 1.29 is 30.7 Å². The lowest BCUT2D eigenvalue weighted by molar-refractivity contribution is -0.141. The molecule has 1 unspecified atom stereocenters. The predicted octanol–water partition coefficient (Wildman–Crippen LogP) is 4.82. The molecule has 0 spiro atoms. The Morgan fingerprint density at radius 1 is 0.917 bits per heavy atom. The summed E-state index contributed by atoms with van der Waals surface area (Å²) in [6.45, 7) is -0.796. The van der Waals surface area contributed by atoms with Gasteiger partial charge in [0.25, 0.3) is 0 Å². The van der Waals surface area contributed by atoms with Gasteiger partial charge >= 0.3 is 12.4 Å². The van der Waals surface area contributed by atoms with E-state index in [9.17, 15) is 30.7 Å². The molecule has 1 aromatic carbocycles. The van der Waals surface area contributed by atoms with Gasteiger partial charge in [-0.2, -0.15) is 31.3 Å². The molecule has 1 aliphatic heterocycles. The van der Waals surface area contributed by atoms with E-state index in [1.54, 1.807) is 0 Å². The summed E-state index contributed by atoms with van der Waals surface area (Å²) in [4.78, 5) is 13.7. The molecule has 0 fully saturated rings. The van der Waals surface area contributed by atoms with Crippen LogP contribution in [0.3, 0.4) is 0 Å². The number of alkyl halides is 6. The zero-order valence-corrected chi connectivity index (χ0v) is 18.0. The fraction of sp³-hybridized carbons (Fsp3) is 0.286. The van der Waals surface area contributed by atoms with Gasteiger partial charge < -0.3 is 4.90 Å². The summed E-state index contributed by atoms with van der Waals surface area (Å²) in [7, 11) is 0. The Morgan fingerprint density at radius 3 is 2.36 bits per heavy atom. The molecule has 0 aliphatic carbocycles. The molecule has 0 amide bonds. The Hall–Kier alpha value is -4.04. The fourth-order valence-electron chi connectivity index (χ4n) is 4.01. The molecule has 0 saturated heterocycles. The first-order chi connectivity index (χ1) is 17.0. The number of rotatable bonds is 5. The van der Waals surface area contributed by atoms with Crippen LogP contribution in [0.2, 0.25) is 0 Å². The lowest BCUT2D eigenvalue weighted by Gasteiger charge is -2.37. The molecular formula is C21H15F7N8. The molecule has 4 heterocycles. The van der Waals surface area contributed by atoms with Gasteiger partial charge in [-0.3, -0.25) is 9.13 Å². The topological polar surface area (TPSA) is 77.6 Å². The van der Waals surface area contributed by atoms with Gasteiger partial charge in [0.05, 0.1) is 25.1 Å². The van der Waals surface area contributed by atoms with Crippen molar-refractivity contribution in [3.05, 3.63) is 60.8 Å². The molecule has 3 aromatic heterocycles. The van der Waals surface area contributed by atoms with Crippen LogP contribution < -0.4 is 4.90 Å². The van der Waals surface area contributed by atoms with E-state index in [1.165, 1.54) is 52.0 Å². The van der Waals surface area contributed by atoms with Gasteiger partial charge in [0.1, 0.15) is 23.7 Å². The minimum atomic E-state index is -4.70. The molecular weight excluding hydrogens is 497 g/mol. The normalized spacial score (nSPS) is 15.6. The van der Waals surface area contributed by atoms with Crippen LogP contribution in [0.1, 0.15) is 24.7 Å². The molecule has 188 valence electrons. The number of nitrogens with zero attached hydrogens (tertiary/aromatic N) is 8. The van der Waals surface area contributed by atoms with E-state index in [0.717, 1.165) is 11.2 Å². The lowest BCUT2D eigenvalue weighted by atomic mass is 10.1. The summed E-state index contributed by atoms with van der Waals surface area (Å²) in [5, 5.41) is 7.39. The van der Waals surface area contributed by atoms with E-state index in [0.29, 0.717) is 11.4 Å². The zero-order valence-electron chi connectivity index (χ0n) is 18.0. The number of imidazole rings is 1. The maximum absolute atomic E-state index is 13.5. The largest absolute Gasteiger partial charge is 0.391 e. The van der Waals surface area contributed by atoms with Crippen molar-refractivity contribution in [3.63, 3.8) is 0 Å². The second kappa shape index (κ2) is 8.57. The van der Waals surface area contributed by atoms with Crippen molar-refractivity contribution in [1.29, 1.82) is 0 Å². The highest BCUT2D eigenvalue weighted by Gasteiger charge is 2.43. The zero-order chi connectivity index (χ0) is 25.7. The number of fused-ring (bicyclic) bond motifs is 3. The summed E-state index contributed by atoms with van der Waals surface area (Å²) >= 11 is 0. The SMILES string of the molecule is Fc1ccc(-c2nccn2-c2ncc3c(n2)N(CCC(F)(F)F)C(CC(F)(F)F)c2nncn2-3)cc1. The minimum absolute atomic E-state index is 0.0510. The van der Waals surface area contributed by atoms with Gasteiger partial charge in [-0.25, -0.2) is 14.4 Å². The third-order valence-electron chi connectivity index (χ3n) is 5.54. The Labute approximate surface area is 198 Å². The van der Waals surface area contributed by atoms with E-state index in [-0.39, 0.29) is 23.3 Å². The van der Waals surface area contributed by atoms with Crippen molar-refractivity contribution in [2.24, 2.45) is 0 Å². The lowest BCUT2D eigenvalue weighted by Crippen LogP contribution is -2.40. The number of aromatic nitrogens is 7. The Balaban J connectivity index is 1.63. The van der Waals surface area contributed by atoms with E-state index in [2.05, 4.69) is 25.1 Å². The smallest absolute Gasteiger partial charge is 0.344 e. The molecule has 0 bridgehead atoms. The second-order valence-electron chi connectivity index (χ2n) is 7.96. The van der Waals surface area contributed by atoms with Gasteiger partial charge in [-0.15, -0.1) is 10.2 Å². The summed E-state index contributed by atoms with van der Waals surface area (Å²) in [6.07, 6.45) is -6.86. The standard InChI is InChI=1S/C21H15F7N8/c22-13-3-1-12(2-4-13)16-29-6-8-35(16)19-30-10-15-17(32-19)34(7-5-20(23,24)25)14(9-21(26,27)28)18-33-31-11-36(15)18/h1-4,6,8,10-11,14H,5,7,9H2. The molecule has 0 N–H and O–H groups in total. The second-order valence-corrected chi connectivity index (χ2v) is 7.96. The summed E-state index contributed by atoms with van der Waals surface area (Å²) in [5.41, 5.74) is 0.621. The van der Waals surface area contributed by atoms with Crippen LogP contribution in [0.4, 0.5) is 36.6 Å². The molecule has 8 nitrogen and oxygen atoms in total. The van der Waals surface area contributed by atoms with Crippen LogP contribution >= 0.6 is 0 Å². The van der Waals surface area contributed by atoms with Crippen molar-refractivity contribution in [1.82, 2.24) is 34.3 Å². The average molecular weight is 512 g/mol. The van der Waals surface area contributed by atoms with Gasteiger partial charge in [0.15, 0.2) is 11.6 Å². The van der Waals surface area contributed by atoms with Crippen molar-refractivity contribution in [3.8, 4) is 23.0 Å². The monoisotopic (exact) mass is 512 g/mol. The maximum atomic E-state index is 13.5. The minimum Gasteiger partial charge on any atom is -0.344 e. The Kier molecular flexibility index (Phi) is 5.64. The first-order valence-corrected chi connectivity index (χ1v) is 10.5. The van der Waals surface area contributed by atoms with E-state index < -0.39 is 43.6 Å². The third kappa shape index (κ3) is 4.59. The van der Waals surface area contributed by atoms with Gasteiger partial charge in [-0.05, 0) is 24.3 Å². The first-order valence-electron chi connectivity index (χ1n) is 10.5. The average Bonchev–Trinajstić information content (AvgIpc) is 3.47. The van der Waals surface area contributed by atoms with Crippen LogP contribution in [0.5, 0.6) is 0 Å². The number of benzene rings is 1. The molecule has 36 heavy (non-hydrogen) atoms.